The predicted octanol–water partition coefficient (Wildman–Crippen LogP) is 2.57. The number of nitrogens with one attached hydrogen (secondary N) is 1. The molecular weight excluding hydrogens is 312 g/mol. The number of fused-ring (bicyclic) bond motifs is 1. The van der Waals surface area contributed by atoms with E-state index in [-0.39, 0.29) is 19.3 Å². The maximum absolute atomic E-state index is 9.16. The molecule has 2 atom stereocenters. The van der Waals surface area contributed by atoms with Crippen molar-refractivity contribution < 1.29 is 14.6 Å². The molecule has 1 aliphatic heterocycles. The molecule has 2 aliphatic rings. The van der Waals surface area contributed by atoms with Gasteiger partial charge in [0.15, 0.2) is 11.5 Å². The van der Waals surface area contributed by atoms with Gasteiger partial charge in [0.05, 0.1) is 5.69 Å². The highest BCUT2D eigenvalue weighted by molar-refractivity contribution is 7.13. The van der Waals surface area contributed by atoms with Crippen LogP contribution in [0.3, 0.4) is 0 Å². The minimum absolute atomic E-state index is 0.222. The fourth-order valence-electron chi connectivity index (χ4n) is 2.85. The van der Waals surface area contributed by atoms with E-state index < -0.39 is 0 Å². The molecule has 1 aromatic carbocycles. The van der Waals surface area contributed by atoms with Crippen LogP contribution < -0.4 is 14.8 Å². The number of thiazole rings is 1. The number of aliphatic hydroxyl groups is 1. The van der Waals surface area contributed by atoms with Gasteiger partial charge in [0.2, 0.25) is 6.79 Å². The van der Waals surface area contributed by atoms with Crippen LogP contribution in [-0.2, 0) is 6.54 Å². The molecule has 1 aromatic heterocycles. The molecule has 4 rings (SSSR count). The molecule has 0 saturated carbocycles. The number of aliphatic hydroxyl groups excluding tert-OH is 1. The highest BCUT2D eigenvalue weighted by Gasteiger charge is 2.18. The smallest absolute Gasteiger partial charge is 0.231 e. The lowest BCUT2D eigenvalue weighted by molar-refractivity contribution is 0.174. The van der Waals surface area contributed by atoms with Crippen molar-refractivity contribution >= 4 is 11.3 Å². The van der Waals surface area contributed by atoms with Gasteiger partial charge in [0.1, 0.15) is 5.01 Å². The van der Waals surface area contributed by atoms with Crippen LogP contribution >= 0.6 is 11.3 Å². The third-order valence-corrected chi connectivity index (χ3v) is 5.06. The summed E-state index contributed by atoms with van der Waals surface area (Å²) >= 11 is 1.63. The second-order valence-corrected chi connectivity index (χ2v) is 6.62. The van der Waals surface area contributed by atoms with E-state index in [0.717, 1.165) is 40.7 Å². The molecule has 6 heteroatoms. The summed E-state index contributed by atoms with van der Waals surface area (Å²) < 4.78 is 10.8. The fraction of sp³-hybridized carbons (Fsp3) is 0.353. The van der Waals surface area contributed by atoms with Crippen molar-refractivity contribution in [3.05, 3.63) is 41.4 Å². The van der Waals surface area contributed by atoms with Gasteiger partial charge in [-0.3, -0.25) is 0 Å². The Hall–Kier alpha value is -1.89. The maximum atomic E-state index is 9.16. The van der Waals surface area contributed by atoms with Gasteiger partial charge >= 0.3 is 0 Å². The first-order valence-corrected chi connectivity index (χ1v) is 8.57. The zero-order chi connectivity index (χ0) is 15.6. The summed E-state index contributed by atoms with van der Waals surface area (Å²) in [5.41, 5.74) is 2.08. The highest BCUT2D eigenvalue weighted by atomic mass is 32.1. The first-order valence-electron chi connectivity index (χ1n) is 7.69. The molecule has 2 N–H and O–H groups in total. The van der Waals surface area contributed by atoms with Gasteiger partial charge in [-0.05, 0) is 24.6 Å². The van der Waals surface area contributed by atoms with Crippen molar-refractivity contribution in [1.82, 2.24) is 10.3 Å². The van der Waals surface area contributed by atoms with E-state index in [2.05, 4.69) is 22.8 Å². The number of benzene rings is 1. The molecule has 0 bridgehead atoms. The molecule has 0 radical (unpaired) electrons. The first-order chi connectivity index (χ1) is 11.3. The highest BCUT2D eigenvalue weighted by Crippen LogP contribution is 2.36. The normalized spacial score (nSPS) is 22.0. The summed E-state index contributed by atoms with van der Waals surface area (Å²) in [6.07, 6.45) is 5.17. The number of hydrogen-bond acceptors (Lipinski definition) is 6. The molecule has 1 aliphatic carbocycles. The van der Waals surface area contributed by atoms with Crippen LogP contribution in [0.5, 0.6) is 11.5 Å². The van der Waals surface area contributed by atoms with Crippen molar-refractivity contribution in [1.29, 1.82) is 0 Å². The minimum Gasteiger partial charge on any atom is -0.454 e. The Labute approximate surface area is 138 Å². The Bertz CT molecular complexity index is 728. The van der Waals surface area contributed by atoms with E-state index in [1.807, 2.05) is 18.2 Å². The number of rotatable bonds is 5. The maximum Gasteiger partial charge on any atom is 0.231 e. The molecule has 5 nitrogen and oxygen atoms in total. The summed E-state index contributed by atoms with van der Waals surface area (Å²) in [5.74, 6) is 1.86. The minimum atomic E-state index is 0.222. The first kappa shape index (κ1) is 14.7. The fourth-order valence-corrected chi connectivity index (χ4v) is 3.66. The van der Waals surface area contributed by atoms with Crippen molar-refractivity contribution in [2.75, 3.05) is 13.4 Å². The molecular formula is C17H18N2O3S. The standard InChI is InChI=1S/C17H18N2O3S/c20-8-11-1-3-13(5-11)18-7-14-9-23-17(19-14)12-2-4-15-16(6-12)22-10-21-15/h1-4,6,9,11,13,18,20H,5,7-8,10H2/t11-,13+/m0/s1. The zero-order valence-electron chi connectivity index (χ0n) is 12.6. The molecule has 0 fully saturated rings. The number of ether oxygens (including phenoxy) is 2. The van der Waals surface area contributed by atoms with E-state index in [1.54, 1.807) is 11.3 Å². The number of nitrogens with zero attached hydrogens (tertiary/aromatic N) is 1. The molecule has 23 heavy (non-hydrogen) atoms. The van der Waals surface area contributed by atoms with Gasteiger partial charge in [0, 0.05) is 36.1 Å². The van der Waals surface area contributed by atoms with Crippen LogP contribution in [0.25, 0.3) is 10.6 Å². The average Bonchev–Trinajstić information content (AvgIpc) is 3.31. The van der Waals surface area contributed by atoms with E-state index in [9.17, 15) is 0 Å². The number of aromatic nitrogens is 1. The molecule has 0 unspecified atom stereocenters. The second kappa shape index (κ2) is 6.31. The Kier molecular flexibility index (Phi) is 4.03. The lowest BCUT2D eigenvalue weighted by Crippen LogP contribution is -2.26. The molecule has 2 aromatic rings. The quantitative estimate of drug-likeness (QED) is 0.825. The van der Waals surface area contributed by atoms with Crippen LogP contribution in [0.15, 0.2) is 35.7 Å². The zero-order valence-corrected chi connectivity index (χ0v) is 13.4. The molecule has 0 saturated heterocycles. The number of hydrogen-bond donors (Lipinski definition) is 2. The SMILES string of the molecule is OC[C@H]1C=C[C@@H](NCc2csc(-c3ccc4c(c3)OCO4)n2)C1. The Morgan fingerprint density at radius 1 is 1.26 bits per heavy atom. The lowest BCUT2D eigenvalue weighted by atomic mass is 10.1. The van der Waals surface area contributed by atoms with Gasteiger partial charge < -0.3 is 19.9 Å². The van der Waals surface area contributed by atoms with Gasteiger partial charge in [0.25, 0.3) is 0 Å². The van der Waals surface area contributed by atoms with Gasteiger partial charge in [-0.25, -0.2) is 4.98 Å². The third-order valence-electron chi connectivity index (χ3n) is 4.12. The summed E-state index contributed by atoms with van der Waals surface area (Å²) in [6, 6.07) is 6.23. The van der Waals surface area contributed by atoms with E-state index in [4.69, 9.17) is 19.6 Å². The van der Waals surface area contributed by atoms with Gasteiger partial charge in [-0.2, -0.15) is 0 Å². The van der Waals surface area contributed by atoms with Crippen molar-refractivity contribution in [2.24, 2.45) is 5.92 Å². The van der Waals surface area contributed by atoms with Gasteiger partial charge in [-0.1, -0.05) is 12.2 Å². The average molecular weight is 330 g/mol. The van der Waals surface area contributed by atoms with Crippen LogP contribution in [0.1, 0.15) is 12.1 Å². The monoisotopic (exact) mass is 330 g/mol. The van der Waals surface area contributed by atoms with Crippen molar-refractivity contribution in [3.63, 3.8) is 0 Å². The van der Waals surface area contributed by atoms with Crippen molar-refractivity contribution in [3.8, 4) is 22.1 Å². The van der Waals surface area contributed by atoms with Crippen molar-refractivity contribution in [2.45, 2.75) is 19.0 Å². The predicted molar refractivity (Wildman–Crippen MR) is 88.6 cm³/mol. The van der Waals surface area contributed by atoms with E-state index in [0.29, 0.717) is 6.04 Å². The molecule has 2 heterocycles. The van der Waals surface area contributed by atoms with Crippen LogP contribution in [0.2, 0.25) is 0 Å². The summed E-state index contributed by atoms with van der Waals surface area (Å²) in [7, 11) is 0. The lowest BCUT2D eigenvalue weighted by Gasteiger charge is -2.11. The molecule has 0 amide bonds. The van der Waals surface area contributed by atoms with Crippen LogP contribution in [0, 0.1) is 5.92 Å². The van der Waals surface area contributed by atoms with Gasteiger partial charge in [-0.15, -0.1) is 11.3 Å². The summed E-state index contributed by atoms with van der Waals surface area (Å²) in [4.78, 5) is 4.69. The summed E-state index contributed by atoms with van der Waals surface area (Å²) in [6.45, 7) is 1.24. The molecule has 120 valence electrons. The topological polar surface area (TPSA) is 63.6 Å². The van der Waals surface area contributed by atoms with E-state index in [1.165, 1.54) is 0 Å². The largest absolute Gasteiger partial charge is 0.454 e. The summed E-state index contributed by atoms with van der Waals surface area (Å²) in [5, 5.41) is 15.7. The molecule has 0 spiro atoms. The second-order valence-electron chi connectivity index (χ2n) is 5.76. The Balaban J connectivity index is 1.40. The van der Waals surface area contributed by atoms with Crippen LogP contribution in [-0.4, -0.2) is 29.5 Å². The van der Waals surface area contributed by atoms with Crippen LogP contribution in [0.4, 0.5) is 0 Å². The third kappa shape index (κ3) is 3.10. The Morgan fingerprint density at radius 2 is 2.17 bits per heavy atom. The van der Waals surface area contributed by atoms with E-state index >= 15 is 0 Å². The Morgan fingerprint density at radius 3 is 3.04 bits per heavy atom.